The normalized spacial score (nSPS) is 17.4. The number of anilines is 1. The number of pyridine rings is 1. The smallest absolute Gasteiger partial charge is 0.209 e. The fraction of sp³-hybridized carbons (Fsp3) is 0.571. The van der Waals surface area contributed by atoms with Crippen molar-refractivity contribution in [3.05, 3.63) is 23.4 Å². The molecule has 2 heterocycles. The highest BCUT2D eigenvalue weighted by Gasteiger charge is 2.18. The monoisotopic (exact) mass is 262 g/mol. The van der Waals surface area contributed by atoms with Gasteiger partial charge in [0.1, 0.15) is 5.82 Å². The number of amides is 1. The summed E-state index contributed by atoms with van der Waals surface area (Å²) >= 11 is 0. The number of piperazine rings is 1. The van der Waals surface area contributed by atoms with Gasteiger partial charge in [0.25, 0.3) is 0 Å². The van der Waals surface area contributed by atoms with Crippen LogP contribution in [0.25, 0.3) is 0 Å². The molecule has 2 N–H and O–H groups in total. The third-order valence-electron chi connectivity index (χ3n) is 3.70. The third kappa shape index (κ3) is 3.04. The van der Waals surface area contributed by atoms with Gasteiger partial charge in [-0.2, -0.15) is 0 Å². The Morgan fingerprint density at radius 2 is 2.11 bits per heavy atom. The number of aryl methyl sites for hydroxylation is 1. The summed E-state index contributed by atoms with van der Waals surface area (Å²) in [6.45, 7) is 7.35. The maximum atomic E-state index is 10.7. The van der Waals surface area contributed by atoms with Gasteiger partial charge in [-0.05, 0) is 30.5 Å². The highest BCUT2D eigenvalue weighted by Crippen LogP contribution is 2.22. The number of nitrogens with zero attached hydrogens (tertiary/aromatic N) is 3. The van der Waals surface area contributed by atoms with E-state index in [0.29, 0.717) is 0 Å². The van der Waals surface area contributed by atoms with Gasteiger partial charge < -0.3 is 15.5 Å². The molecule has 1 amide bonds. The van der Waals surface area contributed by atoms with E-state index in [2.05, 4.69) is 29.8 Å². The van der Waals surface area contributed by atoms with Crippen molar-refractivity contribution in [1.29, 1.82) is 0 Å². The van der Waals surface area contributed by atoms with Gasteiger partial charge in [-0.25, -0.2) is 4.98 Å². The largest absolute Gasteiger partial charge is 0.353 e. The van der Waals surface area contributed by atoms with Gasteiger partial charge in [0.2, 0.25) is 6.41 Å². The van der Waals surface area contributed by atoms with E-state index in [1.54, 1.807) is 4.90 Å². The Hall–Kier alpha value is -1.62. The Balaban J connectivity index is 2.11. The quantitative estimate of drug-likeness (QED) is 0.825. The highest BCUT2D eigenvalue weighted by molar-refractivity contribution is 5.51. The minimum absolute atomic E-state index is 0.0622. The molecule has 0 unspecified atom stereocenters. The molecule has 0 saturated carbocycles. The van der Waals surface area contributed by atoms with E-state index in [0.717, 1.165) is 56.0 Å². The number of hydrogen-bond acceptors (Lipinski definition) is 4. The van der Waals surface area contributed by atoms with Crippen LogP contribution >= 0.6 is 0 Å². The number of carbonyl (C=O) groups is 1. The summed E-state index contributed by atoms with van der Waals surface area (Å²) in [5.74, 6) is 1.01. The van der Waals surface area contributed by atoms with E-state index in [1.165, 1.54) is 0 Å². The van der Waals surface area contributed by atoms with Crippen LogP contribution < -0.4 is 10.6 Å². The third-order valence-corrected chi connectivity index (χ3v) is 3.70. The molecule has 1 fully saturated rings. The van der Waals surface area contributed by atoms with Gasteiger partial charge in [0, 0.05) is 38.4 Å². The predicted molar refractivity (Wildman–Crippen MR) is 76.0 cm³/mol. The van der Waals surface area contributed by atoms with Crippen molar-refractivity contribution in [1.82, 2.24) is 9.88 Å². The van der Waals surface area contributed by atoms with Gasteiger partial charge in [0.05, 0.1) is 0 Å². The van der Waals surface area contributed by atoms with Crippen molar-refractivity contribution >= 4 is 12.2 Å². The molecular formula is C14H22N4O. The van der Waals surface area contributed by atoms with Gasteiger partial charge in [-0.1, -0.05) is 6.92 Å². The first-order chi connectivity index (χ1) is 9.15. The second-order valence-electron chi connectivity index (χ2n) is 5.05. The van der Waals surface area contributed by atoms with E-state index < -0.39 is 0 Å². The average molecular weight is 262 g/mol. The molecule has 5 nitrogen and oxygen atoms in total. The molecule has 19 heavy (non-hydrogen) atoms. The second-order valence-corrected chi connectivity index (χ2v) is 5.05. The molecule has 0 aromatic carbocycles. The SMILES string of the molecule is CC[C@@H](N)c1cnc(N2CCN(C=O)CC2)c(C)c1. The van der Waals surface area contributed by atoms with Crippen molar-refractivity contribution in [2.24, 2.45) is 5.73 Å². The summed E-state index contributed by atoms with van der Waals surface area (Å²) in [5.41, 5.74) is 8.28. The molecule has 1 aromatic heterocycles. The fourth-order valence-electron chi connectivity index (χ4n) is 2.40. The molecule has 0 aliphatic carbocycles. The Morgan fingerprint density at radius 3 is 2.63 bits per heavy atom. The minimum atomic E-state index is 0.0622. The Morgan fingerprint density at radius 1 is 1.42 bits per heavy atom. The molecule has 2 rings (SSSR count). The molecule has 1 atom stereocenters. The summed E-state index contributed by atoms with van der Waals surface area (Å²) in [5, 5.41) is 0. The molecule has 1 aliphatic rings. The van der Waals surface area contributed by atoms with Gasteiger partial charge in [-0.3, -0.25) is 4.79 Å². The lowest BCUT2D eigenvalue weighted by molar-refractivity contribution is -0.118. The first kappa shape index (κ1) is 13.8. The summed E-state index contributed by atoms with van der Waals surface area (Å²) in [6, 6.07) is 2.19. The van der Waals surface area contributed by atoms with Gasteiger partial charge in [-0.15, -0.1) is 0 Å². The minimum Gasteiger partial charge on any atom is -0.353 e. The standard InChI is InChI=1S/C14H22N4O/c1-3-13(15)12-8-11(2)14(16-9-12)18-6-4-17(10-19)5-7-18/h8-10,13H,3-7,15H2,1-2H3/t13-/m1/s1. The summed E-state index contributed by atoms with van der Waals surface area (Å²) in [4.78, 5) is 19.3. The molecule has 5 heteroatoms. The second kappa shape index (κ2) is 6.02. The van der Waals surface area contributed by atoms with Crippen LogP contribution in [0.5, 0.6) is 0 Å². The number of rotatable bonds is 4. The Labute approximate surface area is 114 Å². The lowest BCUT2D eigenvalue weighted by atomic mass is 10.1. The van der Waals surface area contributed by atoms with Crippen molar-refractivity contribution in [3.63, 3.8) is 0 Å². The average Bonchev–Trinajstić information content (AvgIpc) is 2.46. The summed E-state index contributed by atoms with van der Waals surface area (Å²) in [6.07, 6.45) is 3.71. The van der Waals surface area contributed by atoms with Gasteiger partial charge >= 0.3 is 0 Å². The predicted octanol–water partition coefficient (Wildman–Crippen LogP) is 1.08. The first-order valence-corrected chi connectivity index (χ1v) is 6.82. The Bertz CT molecular complexity index is 441. The number of aromatic nitrogens is 1. The highest BCUT2D eigenvalue weighted by atomic mass is 16.1. The summed E-state index contributed by atoms with van der Waals surface area (Å²) < 4.78 is 0. The summed E-state index contributed by atoms with van der Waals surface area (Å²) in [7, 11) is 0. The van der Waals surface area contributed by atoms with Crippen LogP contribution in [0.4, 0.5) is 5.82 Å². The molecular weight excluding hydrogens is 240 g/mol. The molecule has 0 bridgehead atoms. The zero-order chi connectivity index (χ0) is 13.8. The van der Waals surface area contributed by atoms with Crippen LogP contribution in [0.2, 0.25) is 0 Å². The van der Waals surface area contributed by atoms with Crippen molar-refractivity contribution in [2.75, 3.05) is 31.1 Å². The molecule has 1 saturated heterocycles. The Kier molecular flexibility index (Phi) is 4.37. The first-order valence-electron chi connectivity index (χ1n) is 6.82. The van der Waals surface area contributed by atoms with E-state index in [-0.39, 0.29) is 6.04 Å². The maximum Gasteiger partial charge on any atom is 0.209 e. The molecule has 104 valence electrons. The van der Waals surface area contributed by atoms with Crippen LogP contribution in [0, 0.1) is 6.92 Å². The molecule has 0 spiro atoms. The zero-order valence-electron chi connectivity index (χ0n) is 11.7. The number of nitrogens with two attached hydrogens (primary N) is 1. The van der Waals surface area contributed by atoms with Gasteiger partial charge in [0.15, 0.2) is 0 Å². The molecule has 1 aromatic rings. The lowest BCUT2D eigenvalue weighted by Crippen LogP contribution is -2.46. The fourth-order valence-corrected chi connectivity index (χ4v) is 2.40. The number of hydrogen-bond donors (Lipinski definition) is 1. The molecule has 1 aliphatic heterocycles. The van der Waals surface area contributed by atoms with Crippen LogP contribution in [0.1, 0.15) is 30.5 Å². The van der Waals surface area contributed by atoms with Crippen LogP contribution in [-0.2, 0) is 4.79 Å². The van der Waals surface area contributed by atoms with Crippen LogP contribution in [0.3, 0.4) is 0 Å². The maximum absolute atomic E-state index is 10.7. The van der Waals surface area contributed by atoms with Crippen molar-refractivity contribution in [3.8, 4) is 0 Å². The van der Waals surface area contributed by atoms with E-state index in [4.69, 9.17) is 5.73 Å². The van der Waals surface area contributed by atoms with Crippen LogP contribution in [-0.4, -0.2) is 42.5 Å². The van der Waals surface area contributed by atoms with Crippen molar-refractivity contribution in [2.45, 2.75) is 26.3 Å². The van der Waals surface area contributed by atoms with Crippen LogP contribution in [0.15, 0.2) is 12.3 Å². The zero-order valence-corrected chi connectivity index (χ0v) is 11.7. The van der Waals surface area contributed by atoms with E-state index >= 15 is 0 Å². The molecule has 0 radical (unpaired) electrons. The number of carbonyl (C=O) groups excluding carboxylic acids is 1. The van der Waals surface area contributed by atoms with Crippen molar-refractivity contribution < 1.29 is 4.79 Å². The topological polar surface area (TPSA) is 62.5 Å². The van der Waals surface area contributed by atoms with E-state index in [9.17, 15) is 4.79 Å². The van der Waals surface area contributed by atoms with E-state index in [1.807, 2.05) is 6.20 Å². The lowest BCUT2D eigenvalue weighted by Gasteiger charge is -2.34.